The number of carbonyl (C=O) groups excluding carboxylic acids is 1. The molecule has 1 atom stereocenters. The van der Waals surface area contributed by atoms with Gasteiger partial charge in [0.1, 0.15) is 5.60 Å². The van der Waals surface area contributed by atoms with E-state index in [1.807, 2.05) is 25.7 Å². The Kier molecular flexibility index (Phi) is 8.24. The summed E-state index contributed by atoms with van der Waals surface area (Å²) < 4.78 is 14.6. The number of benzene rings is 1. The van der Waals surface area contributed by atoms with Gasteiger partial charge in [0, 0.05) is 18.5 Å². The molecule has 3 rings (SSSR count). The van der Waals surface area contributed by atoms with E-state index in [0.717, 1.165) is 35.8 Å². The molecule has 6 nitrogen and oxygen atoms in total. The SMILES string of the molecule is CCC(C)C(C)(C)C(C)(C)OB(C)c1nn(C2CCN(C(=O)OC(C)(C)C)CC2)c2cc(C)ccc12. The number of carbonyl (C=O) groups is 1. The summed E-state index contributed by atoms with van der Waals surface area (Å²) in [5, 5.41) is 6.32. The molecule has 1 aliphatic rings. The molecule has 1 fully saturated rings. The number of piperidine rings is 1. The monoisotopic (exact) mass is 497 g/mol. The van der Waals surface area contributed by atoms with Crippen molar-refractivity contribution in [3.8, 4) is 0 Å². The fourth-order valence-corrected chi connectivity index (χ4v) is 5.22. The molecule has 1 aliphatic heterocycles. The molecule has 36 heavy (non-hydrogen) atoms. The molecule has 2 heterocycles. The molecule has 1 amide bonds. The van der Waals surface area contributed by atoms with Gasteiger partial charge in [-0.2, -0.15) is 5.10 Å². The third-order valence-electron chi connectivity index (χ3n) is 8.61. The zero-order valence-electron chi connectivity index (χ0n) is 24.6. The van der Waals surface area contributed by atoms with Gasteiger partial charge >= 0.3 is 13.0 Å². The van der Waals surface area contributed by atoms with Crippen LogP contribution in [-0.4, -0.2) is 52.0 Å². The molecule has 1 unspecified atom stereocenters. The van der Waals surface area contributed by atoms with E-state index < -0.39 is 5.60 Å². The number of amides is 1. The van der Waals surface area contributed by atoms with E-state index in [9.17, 15) is 4.79 Å². The molecule has 2 aromatic rings. The van der Waals surface area contributed by atoms with Gasteiger partial charge in [0.2, 0.25) is 0 Å². The first-order valence-electron chi connectivity index (χ1n) is 13.7. The maximum atomic E-state index is 12.6. The lowest BCUT2D eigenvalue weighted by Gasteiger charge is -2.47. The highest BCUT2D eigenvalue weighted by Gasteiger charge is 2.43. The van der Waals surface area contributed by atoms with E-state index in [1.165, 1.54) is 5.56 Å². The number of aryl methyl sites for hydroxylation is 1. The van der Waals surface area contributed by atoms with Gasteiger partial charge in [-0.3, -0.25) is 4.68 Å². The molecular weight excluding hydrogens is 449 g/mol. The van der Waals surface area contributed by atoms with Crippen LogP contribution in [0.1, 0.15) is 93.2 Å². The Morgan fingerprint density at radius 2 is 1.75 bits per heavy atom. The number of fused-ring (bicyclic) bond motifs is 1. The molecule has 0 N–H and O–H groups in total. The van der Waals surface area contributed by atoms with Crippen LogP contribution in [0.5, 0.6) is 0 Å². The minimum atomic E-state index is -0.480. The molecule has 0 bridgehead atoms. The third kappa shape index (κ3) is 5.93. The van der Waals surface area contributed by atoms with E-state index in [1.54, 1.807) is 0 Å². The molecule has 0 spiro atoms. The zero-order valence-corrected chi connectivity index (χ0v) is 24.6. The van der Waals surface area contributed by atoms with E-state index >= 15 is 0 Å². The highest BCUT2D eigenvalue weighted by molar-refractivity contribution is 6.68. The van der Waals surface area contributed by atoms with Crippen molar-refractivity contribution in [1.29, 1.82) is 0 Å². The molecule has 1 aromatic heterocycles. The minimum absolute atomic E-state index is 0.0134. The highest BCUT2D eigenvalue weighted by atomic mass is 16.6. The predicted molar refractivity (Wildman–Crippen MR) is 150 cm³/mol. The predicted octanol–water partition coefficient (Wildman–Crippen LogP) is 6.61. The van der Waals surface area contributed by atoms with Crippen molar-refractivity contribution >= 4 is 29.5 Å². The molecular formula is C29H48BN3O3. The molecule has 1 saturated heterocycles. The Bertz CT molecular complexity index is 1060. The van der Waals surface area contributed by atoms with E-state index in [2.05, 4.69) is 78.2 Å². The van der Waals surface area contributed by atoms with Crippen LogP contribution in [0.3, 0.4) is 0 Å². The number of ether oxygens (including phenoxy) is 1. The topological polar surface area (TPSA) is 56.6 Å². The highest BCUT2D eigenvalue weighted by Crippen LogP contribution is 2.42. The van der Waals surface area contributed by atoms with Crippen LogP contribution < -0.4 is 5.59 Å². The first-order valence-corrected chi connectivity index (χ1v) is 13.7. The zero-order chi connectivity index (χ0) is 27.1. The van der Waals surface area contributed by atoms with Crippen LogP contribution in [-0.2, 0) is 9.39 Å². The van der Waals surface area contributed by atoms with Crippen molar-refractivity contribution in [2.75, 3.05) is 13.1 Å². The summed E-state index contributed by atoms with van der Waals surface area (Å²) in [5.74, 6) is 0.534. The van der Waals surface area contributed by atoms with Gasteiger partial charge in [0.25, 0.3) is 0 Å². The van der Waals surface area contributed by atoms with Gasteiger partial charge in [-0.1, -0.05) is 53.1 Å². The van der Waals surface area contributed by atoms with Gasteiger partial charge in [0.05, 0.1) is 22.8 Å². The fourth-order valence-electron chi connectivity index (χ4n) is 5.22. The lowest BCUT2D eigenvalue weighted by atomic mass is 9.61. The number of likely N-dealkylation sites (tertiary alicyclic amines) is 1. The summed E-state index contributed by atoms with van der Waals surface area (Å²) in [6.45, 7) is 24.8. The molecule has 0 saturated carbocycles. The molecule has 7 heteroatoms. The van der Waals surface area contributed by atoms with Crippen LogP contribution >= 0.6 is 0 Å². The largest absolute Gasteiger partial charge is 0.444 e. The van der Waals surface area contributed by atoms with Gasteiger partial charge in [-0.15, -0.1) is 0 Å². The average molecular weight is 498 g/mol. The number of hydrogen-bond donors (Lipinski definition) is 0. The molecule has 0 aliphatic carbocycles. The van der Waals surface area contributed by atoms with Crippen LogP contribution in [0, 0.1) is 18.3 Å². The first kappa shape index (κ1) is 28.6. The summed E-state index contributed by atoms with van der Waals surface area (Å²) >= 11 is 0. The van der Waals surface area contributed by atoms with Crippen LogP contribution in [0.15, 0.2) is 18.2 Å². The summed E-state index contributed by atoms with van der Waals surface area (Å²) in [7, 11) is 0. The molecule has 1 aromatic carbocycles. The maximum Gasteiger partial charge on any atom is 0.410 e. The average Bonchev–Trinajstić information content (AvgIpc) is 3.15. The fraction of sp³-hybridized carbons (Fsp3) is 0.724. The van der Waals surface area contributed by atoms with Crippen molar-refractivity contribution < 1.29 is 14.2 Å². The normalized spacial score (nSPS) is 16.9. The first-order chi connectivity index (χ1) is 16.6. The van der Waals surface area contributed by atoms with Gasteiger partial charge in [0.15, 0.2) is 0 Å². The summed E-state index contributed by atoms with van der Waals surface area (Å²) in [5.41, 5.74) is 2.57. The Morgan fingerprint density at radius 3 is 2.31 bits per heavy atom. The summed E-state index contributed by atoms with van der Waals surface area (Å²) in [6.07, 6.45) is 2.60. The second kappa shape index (κ2) is 10.4. The Balaban J connectivity index is 1.86. The number of rotatable bonds is 7. The van der Waals surface area contributed by atoms with Crippen molar-refractivity contribution in [3.05, 3.63) is 23.8 Å². The lowest BCUT2D eigenvalue weighted by molar-refractivity contribution is -0.0452. The second-order valence-corrected chi connectivity index (χ2v) is 12.9. The molecule has 200 valence electrons. The van der Waals surface area contributed by atoms with Crippen molar-refractivity contribution in [3.63, 3.8) is 0 Å². The smallest absolute Gasteiger partial charge is 0.410 e. The quantitative estimate of drug-likeness (QED) is 0.404. The number of nitrogens with zero attached hydrogens (tertiary/aromatic N) is 3. The number of aromatic nitrogens is 2. The lowest BCUT2D eigenvalue weighted by Crippen LogP contribution is -2.51. The number of hydrogen-bond acceptors (Lipinski definition) is 4. The maximum absolute atomic E-state index is 12.6. The summed E-state index contributed by atoms with van der Waals surface area (Å²) in [6, 6.07) is 6.81. The van der Waals surface area contributed by atoms with Crippen molar-refractivity contribution in [1.82, 2.24) is 14.7 Å². The minimum Gasteiger partial charge on any atom is -0.444 e. The Hall–Kier alpha value is -2.02. The Labute approximate surface area is 219 Å². The standard InChI is InChI=1S/C29H48BN3O3/c1-12-21(3)28(7,8)29(9,10)36-30(11)25-23-14-13-20(2)19-24(23)33(31-25)22-15-17-32(18-16-22)26(34)35-27(4,5)6/h13-14,19,21-22H,12,15-18H2,1-11H3. The van der Waals surface area contributed by atoms with Gasteiger partial charge in [-0.05, 0) is 77.3 Å². The van der Waals surface area contributed by atoms with Gasteiger partial charge in [-0.25, -0.2) is 4.79 Å². The van der Waals surface area contributed by atoms with Gasteiger partial charge < -0.3 is 14.3 Å². The van der Waals surface area contributed by atoms with Crippen molar-refractivity contribution in [2.45, 2.75) is 113 Å². The summed E-state index contributed by atoms with van der Waals surface area (Å²) in [4.78, 5) is 14.4. The van der Waals surface area contributed by atoms with Crippen LogP contribution in [0.25, 0.3) is 10.9 Å². The second-order valence-electron chi connectivity index (χ2n) is 12.9. The Morgan fingerprint density at radius 1 is 1.14 bits per heavy atom. The molecule has 0 radical (unpaired) electrons. The van der Waals surface area contributed by atoms with E-state index in [0.29, 0.717) is 19.0 Å². The van der Waals surface area contributed by atoms with E-state index in [4.69, 9.17) is 14.5 Å². The van der Waals surface area contributed by atoms with Crippen LogP contribution in [0.2, 0.25) is 6.82 Å². The van der Waals surface area contributed by atoms with Crippen LogP contribution in [0.4, 0.5) is 4.79 Å². The van der Waals surface area contributed by atoms with Crippen molar-refractivity contribution in [2.24, 2.45) is 11.3 Å². The van der Waals surface area contributed by atoms with E-state index in [-0.39, 0.29) is 30.1 Å². The third-order valence-corrected chi connectivity index (χ3v) is 8.61.